The summed E-state index contributed by atoms with van der Waals surface area (Å²) in [6.07, 6.45) is -0.369. The molecule has 182 valence electrons. The summed E-state index contributed by atoms with van der Waals surface area (Å²) in [7, 11) is 0. The predicted octanol–water partition coefficient (Wildman–Crippen LogP) is -0.141. The van der Waals surface area contributed by atoms with E-state index in [1.54, 1.807) is 19.1 Å². The number of aliphatic carboxylic acids is 1. The first kappa shape index (κ1) is 24.2. The van der Waals surface area contributed by atoms with E-state index in [9.17, 15) is 19.9 Å². The summed E-state index contributed by atoms with van der Waals surface area (Å²) in [5.41, 5.74) is 2.73. The van der Waals surface area contributed by atoms with E-state index in [-0.39, 0.29) is 31.2 Å². The van der Waals surface area contributed by atoms with Gasteiger partial charge < -0.3 is 37.2 Å². The van der Waals surface area contributed by atoms with Gasteiger partial charge in [0.1, 0.15) is 18.2 Å². The van der Waals surface area contributed by atoms with E-state index in [1.165, 1.54) is 0 Å². The Morgan fingerprint density at radius 3 is 2.66 bits per heavy atom. The summed E-state index contributed by atoms with van der Waals surface area (Å²) < 4.78 is 13.7. The first-order valence-corrected chi connectivity index (χ1v) is 10.9. The SMILES string of the molecule is Cc1c(C)[n+](Cc2ccc3c(c2)OCO3)c(C(CC(=O)O)c2cc3ccccc3[nH]c2=O)n1O.[Cl-]. The third-order valence-corrected chi connectivity index (χ3v) is 6.37. The summed E-state index contributed by atoms with van der Waals surface area (Å²) in [6, 6.07) is 14.6. The number of carboxylic acid groups (broad SMARTS) is 1. The molecule has 0 saturated heterocycles. The Morgan fingerprint density at radius 2 is 1.89 bits per heavy atom. The smallest absolute Gasteiger partial charge is 0.305 e. The van der Waals surface area contributed by atoms with E-state index in [0.717, 1.165) is 21.4 Å². The van der Waals surface area contributed by atoms with Crippen LogP contribution in [0, 0.1) is 13.8 Å². The number of H-pyrrole nitrogens is 1. The van der Waals surface area contributed by atoms with E-state index >= 15 is 0 Å². The fourth-order valence-electron chi connectivity index (χ4n) is 4.50. The summed E-state index contributed by atoms with van der Waals surface area (Å²) in [5, 5.41) is 21.5. The number of aromatic nitrogens is 3. The van der Waals surface area contributed by atoms with Crippen LogP contribution in [-0.4, -0.2) is 32.8 Å². The molecule has 2 aromatic heterocycles. The third-order valence-electron chi connectivity index (χ3n) is 6.37. The van der Waals surface area contributed by atoms with Crippen molar-refractivity contribution >= 4 is 16.9 Å². The maximum absolute atomic E-state index is 13.1. The first-order valence-electron chi connectivity index (χ1n) is 10.9. The fourth-order valence-corrected chi connectivity index (χ4v) is 4.50. The summed E-state index contributed by atoms with van der Waals surface area (Å²) >= 11 is 0. The largest absolute Gasteiger partial charge is 1.00 e. The van der Waals surface area contributed by atoms with Gasteiger partial charge in [-0.1, -0.05) is 24.3 Å². The lowest BCUT2D eigenvalue weighted by atomic mass is 9.94. The minimum atomic E-state index is -1.08. The van der Waals surface area contributed by atoms with Crippen molar-refractivity contribution in [3.05, 3.63) is 87.2 Å². The second-order valence-corrected chi connectivity index (χ2v) is 8.41. The normalized spacial score (nSPS) is 13.0. The summed E-state index contributed by atoms with van der Waals surface area (Å²) in [6.45, 7) is 4.10. The number of fused-ring (bicyclic) bond motifs is 2. The number of ether oxygens (including phenoxy) is 2. The van der Waals surface area contributed by atoms with E-state index in [4.69, 9.17) is 9.47 Å². The lowest BCUT2D eigenvalue weighted by molar-refractivity contribution is -0.703. The van der Waals surface area contributed by atoms with Crippen LogP contribution in [0.15, 0.2) is 53.3 Å². The number of hydrogen-bond donors (Lipinski definition) is 3. The van der Waals surface area contributed by atoms with E-state index in [2.05, 4.69) is 4.98 Å². The van der Waals surface area contributed by atoms with Crippen molar-refractivity contribution in [2.45, 2.75) is 32.7 Å². The van der Waals surface area contributed by atoms with Crippen molar-refractivity contribution in [3.8, 4) is 11.5 Å². The molecule has 0 bridgehead atoms. The van der Waals surface area contributed by atoms with Crippen LogP contribution in [0.4, 0.5) is 0 Å². The molecule has 0 radical (unpaired) electrons. The number of rotatable bonds is 6. The molecular formula is C25H24ClN3O6. The van der Waals surface area contributed by atoms with E-state index < -0.39 is 17.4 Å². The first-order chi connectivity index (χ1) is 16.3. The zero-order valence-corrected chi connectivity index (χ0v) is 19.9. The molecule has 2 aromatic carbocycles. The van der Waals surface area contributed by atoms with E-state index in [0.29, 0.717) is 35.1 Å². The molecule has 1 aliphatic rings. The Bertz CT molecular complexity index is 1490. The average Bonchev–Trinajstić information content (AvgIpc) is 3.36. The fraction of sp³-hybridized carbons (Fsp3) is 0.240. The van der Waals surface area contributed by atoms with E-state index in [1.807, 2.05) is 47.9 Å². The minimum Gasteiger partial charge on any atom is -1.00 e. The molecule has 9 nitrogen and oxygen atoms in total. The van der Waals surface area contributed by atoms with Crippen LogP contribution in [0.5, 0.6) is 11.5 Å². The Labute approximate surface area is 206 Å². The highest BCUT2D eigenvalue weighted by molar-refractivity contribution is 5.79. The number of hydrogen-bond acceptors (Lipinski definition) is 5. The summed E-state index contributed by atoms with van der Waals surface area (Å²) in [5.74, 6) is -0.365. The molecule has 0 amide bonds. The number of nitrogens with one attached hydrogen (secondary N) is 1. The van der Waals surface area contributed by atoms with Gasteiger partial charge in [-0.25, -0.2) is 4.57 Å². The number of carbonyl (C=O) groups is 1. The van der Waals surface area contributed by atoms with Crippen molar-refractivity contribution in [2.24, 2.45) is 0 Å². The highest BCUT2D eigenvalue weighted by Crippen LogP contribution is 2.33. The van der Waals surface area contributed by atoms with Gasteiger partial charge in [0, 0.05) is 24.9 Å². The molecule has 3 N–H and O–H groups in total. The van der Waals surface area contributed by atoms with Gasteiger partial charge >= 0.3 is 11.8 Å². The number of carboxylic acids is 1. The van der Waals surface area contributed by atoms with Gasteiger partial charge in [0.15, 0.2) is 17.2 Å². The highest BCUT2D eigenvalue weighted by atomic mass is 35.5. The van der Waals surface area contributed by atoms with Crippen molar-refractivity contribution in [2.75, 3.05) is 6.79 Å². The third kappa shape index (κ3) is 4.30. The molecule has 35 heavy (non-hydrogen) atoms. The van der Waals surface area contributed by atoms with Crippen LogP contribution in [0.3, 0.4) is 0 Å². The quantitative estimate of drug-likeness (QED) is 0.252. The molecule has 1 unspecified atom stereocenters. The number of benzene rings is 2. The van der Waals surface area contributed by atoms with Crippen molar-refractivity contribution < 1.29 is 41.6 Å². The Kier molecular flexibility index (Phi) is 6.45. The van der Waals surface area contributed by atoms with Crippen LogP contribution in [0.25, 0.3) is 10.9 Å². The number of imidazole rings is 1. The van der Waals surface area contributed by atoms with Gasteiger partial charge in [-0.05, 0) is 39.9 Å². The molecule has 0 spiro atoms. The molecule has 1 aliphatic heterocycles. The molecule has 10 heteroatoms. The maximum Gasteiger partial charge on any atom is 0.305 e. The second kappa shape index (κ2) is 9.34. The van der Waals surface area contributed by atoms with Gasteiger partial charge in [-0.2, -0.15) is 0 Å². The molecule has 0 saturated carbocycles. The Morgan fingerprint density at radius 1 is 1.14 bits per heavy atom. The number of para-hydroxylation sites is 1. The monoisotopic (exact) mass is 497 g/mol. The van der Waals surface area contributed by atoms with Crippen molar-refractivity contribution in [1.82, 2.24) is 9.71 Å². The van der Waals surface area contributed by atoms with Crippen molar-refractivity contribution in [1.29, 1.82) is 0 Å². The standard InChI is InChI=1S/C25H23N3O6.ClH/c1-14-15(2)28(32)25(27(14)12-16-7-8-21-22(9-16)34-13-33-21)19(11-23(29)30)18-10-17-5-3-4-6-20(17)26-24(18)31;/h3-10,19H,11-13H2,1-2H3,(H2-,26,29,30,31,32);1H. The lowest BCUT2D eigenvalue weighted by Crippen LogP contribution is -3.00. The molecule has 4 aromatic rings. The number of halogens is 1. The van der Waals surface area contributed by atoms with Gasteiger partial charge in [-0.3, -0.25) is 9.59 Å². The van der Waals surface area contributed by atoms with Crippen LogP contribution in [0.2, 0.25) is 0 Å². The zero-order chi connectivity index (χ0) is 24.0. The van der Waals surface area contributed by atoms with Crippen LogP contribution >= 0.6 is 0 Å². The molecule has 5 rings (SSSR count). The van der Waals surface area contributed by atoms with Crippen LogP contribution < -0.4 is 32.0 Å². The molecule has 3 heterocycles. The number of aromatic amines is 1. The minimum absolute atomic E-state index is 0. The van der Waals surface area contributed by atoms with Crippen molar-refractivity contribution in [3.63, 3.8) is 0 Å². The number of pyridine rings is 1. The van der Waals surface area contributed by atoms with Gasteiger partial charge in [-0.15, -0.1) is 0 Å². The summed E-state index contributed by atoms with van der Waals surface area (Å²) in [4.78, 5) is 27.8. The molecular weight excluding hydrogens is 474 g/mol. The van der Waals surface area contributed by atoms with Gasteiger partial charge in [0.2, 0.25) is 6.79 Å². The zero-order valence-electron chi connectivity index (χ0n) is 19.1. The average molecular weight is 498 g/mol. The van der Waals surface area contributed by atoms with Crippen LogP contribution in [-0.2, 0) is 11.3 Å². The lowest BCUT2D eigenvalue weighted by Gasteiger charge is -2.14. The Balaban J connectivity index is 0.00000289. The molecule has 1 atom stereocenters. The molecule has 0 aliphatic carbocycles. The highest BCUT2D eigenvalue weighted by Gasteiger charge is 2.37. The maximum atomic E-state index is 13.1. The topological polar surface area (TPSA) is 118 Å². The van der Waals surface area contributed by atoms with Gasteiger partial charge in [0.05, 0.1) is 6.42 Å². The van der Waals surface area contributed by atoms with Crippen LogP contribution in [0.1, 0.15) is 40.7 Å². The van der Waals surface area contributed by atoms with Gasteiger partial charge in [0.25, 0.3) is 5.56 Å². The Hall–Kier alpha value is -3.98. The molecule has 0 fully saturated rings. The predicted molar refractivity (Wildman–Crippen MR) is 122 cm³/mol. The number of nitrogens with zero attached hydrogens (tertiary/aromatic N) is 2. The second-order valence-electron chi connectivity index (χ2n) is 8.41.